The summed E-state index contributed by atoms with van der Waals surface area (Å²) in [7, 11) is 0. The molecule has 1 N–H and O–H groups in total. The van der Waals surface area contributed by atoms with Crippen molar-refractivity contribution in [2.45, 2.75) is 45.8 Å². The second-order valence-electron chi connectivity index (χ2n) is 7.22. The number of thiophene rings is 1. The molecule has 0 saturated heterocycles. The number of ether oxygens (including phenoxy) is 1. The zero-order chi connectivity index (χ0) is 17.7. The van der Waals surface area contributed by atoms with E-state index in [1.165, 1.54) is 0 Å². The van der Waals surface area contributed by atoms with E-state index in [1.54, 1.807) is 39.0 Å². The summed E-state index contributed by atoms with van der Waals surface area (Å²) in [5.74, 6) is -0.192. The number of Topliss-reactive ketones (excluding diaryl/α,β-unsaturated/α-hetero) is 1. The third-order valence-corrected chi connectivity index (χ3v) is 5.14. The van der Waals surface area contributed by atoms with Gasteiger partial charge in [-0.3, -0.25) is 4.79 Å². The summed E-state index contributed by atoms with van der Waals surface area (Å²) in [6.45, 7) is 9.03. The van der Waals surface area contributed by atoms with Gasteiger partial charge < -0.3 is 9.84 Å². The van der Waals surface area contributed by atoms with Gasteiger partial charge >= 0.3 is 0 Å². The highest BCUT2D eigenvalue weighted by Crippen LogP contribution is 2.41. The third-order valence-electron chi connectivity index (χ3n) is 4.45. The molecule has 1 aliphatic rings. The van der Waals surface area contributed by atoms with Crippen LogP contribution in [0.4, 0.5) is 0 Å². The van der Waals surface area contributed by atoms with Gasteiger partial charge in [0.25, 0.3) is 0 Å². The van der Waals surface area contributed by atoms with Gasteiger partial charge in [-0.15, -0.1) is 0 Å². The Labute approximate surface area is 146 Å². The molecule has 126 valence electrons. The topological polar surface area (TPSA) is 46.5 Å². The molecule has 4 heteroatoms. The van der Waals surface area contributed by atoms with Crippen LogP contribution in [0.5, 0.6) is 0 Å². The van der Waals surface area contributed by atoms with Crippen LogP contribution in [0.1, 0.15) is 38.8 Å². The molecule has 1 aromatic heterocycles. The Morgan fingerprint density at radius 3 is 2.38 bits per heavy atom. The third kappa shape index (κ3) is 2.70. The van der Waals surface area contributed by atoms with E-state index >= 15 is 0 Å². The molecule has 2 aromatic rings. The average molecular weight is 342 g/mol. The number of aryl methyl sites for hydroxylation is 1. The van der Waals surface area contributed by atoms with Gasteiger partial charge in [-0.2, -0.15) is 11.3 Å². The number of rotatable bonds is 2. The van der Waals surface area contributed by atoms with Crippen molar-refractivity contribution in [2.24, 2.45) is 0 Å². The highest BCUT2D eigenvalue weighted by Gasteiger charge is 2.47. The molecule has 2 heterocycles. The summed E-state index contributed by atoms with van der Waals surface area (Å²) in [5, 5.41) is 14.8. The number of aliphatic hydroxyl groups is 1. The van der Waals surface area contributed by atoms with Gasteiger partial charge in [0.15, 0.2) is 5.78 Å². The number of carbonyl (C=O) groups is 1. The molecule has 0 fully saturated rings. The standard InChI is InChI=1S/C20H22O3S/c1-12-6-7-13(14-8-9-24-11-14)10-15(12)16-17(21)19(2,3)23-20(4,5)18(16)22/h6-11,21H,1-5H3. The van der Waals surface area contributed by atoms with Gasteiger partial charge in [-0.25, -0.2) is 0 Å². The molecule has 24 heavy (non-hydrogen) atoms. The molecule has 0 aliphatic carbocycles. The van der Waals surface area contributed by atoms with Crippen molar-refractivity contribution in [1.29, 1.82) is 0 Å². The van der Waals surface area contributed by atoms with E-state index in [9.17, 15) is 9.90 Å². The Hall–Kier alpha value is -1.91. The van der Waals surface area contributed by atoms with Gasteiger partial charge in [-0.1, -0.05) is 12.1 Å². The van der Waals surface area contributed by atoms with Crippen LogP contribution in [0, 0.1) is 6.92 Å². The molecule has 0 spiro atoms. The van der Waals surface area contributed by atoms with E-state index < -0.39 is 11.2 Å². The van der Waals surface area contributed by atoms with Crippen LogP contribution in [-0.2, 0) is 9.53 Å². The molecule has 0 amide bonds. The maximum Gasteiger partial charge on any atom is 0.198 e. The van der Waals surface area contributed by atoms with E-state index in [-0.39, 0.29) is 11.5 Å². The predicted molar refractivity (Wildman–Crippen MR) is 98.3 cm³/mol. The molecule has 3 rings (SSSR count). The molecule has 0 bridgehead atoms. The first-order valence-electron chi connectivity index (χ1n) is 7.96. The molecule has 0 unspecified atom stereocenters. The van der Waals surface area contributed by atoms with Crippen LogP contribution in [0.2, 0.25) is 0 Å². The van der Waals surface area contributed by atoms with Crippen LogP contribution in [-0.4, -0.2) is 22.1 Å². The van der Waals surface area contributed by atoms with Gasteiger partial charge in [0.1, 0.15) is 17.0 Å². The molecule has 0 radical (unpaired) electrons. The second kappa shape index (κ2) is 5.57. The fraction of sp³-hybridized carbons (Fsp3) is 0.350. The van der Waals surface area contributed by atoms with Crippen molar-refractivity contribution >= 4 is 22.7 Å². The molecule has 1 aromatic carbocycles. The maximum atomic E-state index is 13.0. The second-order valence-corrected chi connectivity index (χ2v) is 8.00. The molecular formula is C20H22O3S. The average Bonchev–Trinajstić information content (AvgIpc) is 3.01. The number of ketones is 1. The first-order valence-corrected chi connectivity index (χ1v) is 8.90. The van der Waals surface area contributed by atoms with Crippen molar-refractivity contribution in [3.8, 4) is 11.1 Å². The number of hydrogen-bond donors (Lipinski definition) is 1. The smallest absolute Gasteiger partial charge is 0.198 e. The first-order chi connectivity index (χ1) is 11.1. The molecule has 0 saturated carbocycles. The summed E-state index contributed by atoms with van der Waals surface area (Å²) < 4.78 is 5.82. The minimum Gasteiger partial charge on any atom is -0.508 e. The molecular weight excluding hydrogens is 320 g/mol. The lowest BCUT2D eigenvalue weighted by atomic mass is 9.81. The van der Waals surface area contributed by atoms with Crippen LogP contribution < -0.4 is 0 Å². The van der Waals surface area contributed by atoms with E-state index in [1.807, 2.05) is 36.6 Å². The van der Waals surface area contributed by atoms with Gasteiger partial charge in [0, 0.05) is 0 Å². The highest BCUT2D eigenvalue weighted by molar-refractivity contribution is 7.08. The minimum atomic E-state index is -0.976. The lowest BCUT2D eigenvalue weighted by Gasteiger charge is -2.40. The monoisotopic (exact) mass is 342 g/mol. The van der Waals surface area contributed by atoms with Crippen molar-refractivity contribution in [3.05, 3.63) is 51.9 Å². The Balaban J connectivity index is 2.23. The van der Waals surface area contributed by atoms with Crippen LogP contribution in [0.25, 0.3) is 16.7 Å². The highest BCUT2D eigenvalue weighted by atomic mass is 32.1. The molecule has 3 nitrogen and oxygen atoms in total. The molecule has 1 aliphatic heterocycles. The Bertz CT molecular complexity index is 827. The Morgan fingerprint density at radius 2 is 1.75 bits per heavy atom. The van der Waals surface area contributed by atoms with E-state index in [0.29, 0.717) is 5.57 Å². The lowest BCUT2D eigenvalue weighted by Crippen LogP contribution is -2.49. The predicted octanol–water partition coefficient (Wildman–Crippen LogP) is 5.15. The number of hydrogen-bond acceptors (Lipinski definition) is 4. The van der Waals surface area contributed by atoms with Gasteiger partial charge in [-0.05, 0) is 79.8 Å². The fourth-order valence-corrected chi connectivity index (χ4v) is 3.86. The SMILES string of the molecule is Cc1ccc(-c2ccsc2)cc1C1=C(O)C(C)(C)OC(C)(C)C1=O. The minimum absolute atomic E-state index is 0.00241. The fourth-order valence-electron chi connectivity index (χ4n) is 3.19. The first kappa shape index (κ1) is 16.9. The van der Waals surface area contributed by atoms with E-state index in [4.69, 9.17) is 4.74 Å². The number of carbonyl (C=O) groups excluding carboxylic acids is 1. The van der Waals surface area contributed by atoms with Crippen molar-refractivity contribution in [1.82, 2.24) is 0 Å². The number of aliphatic hydroxyl groups excluding tert-OH is 1. The van der Waals surface area contributed by atoms with Crippen LogP contribution in [0.3, 0.4) is 0 Å². The van der Waals surface area contributed by atoms with Crippen LogP contribution in [0.15, 0.2) is 40.8 Å². The normalized spacial score (nSPS) is 19.6. The van der Waals surface area contributed by atoms with Crippen molar-refractivity contribution < 1.29 is 14.6 Å². The summed E-state index contributed by atoms with van der Waals surface area (Å²) in [5.41, 5.74) is 2.35. The van der Waals surface area contributed by atoms with Crippen LogP contribution >= 0.6 is 11.3 Å². The largest absolute Gasteiger partial charge is 0.508 e. The Morgan fingerprint density at radius 1 is 1.04 bits per heavy atom. The van der Waals surface area contributed by atoms with E-state index in [2.05, 4.69) is 5.38 Å². The molecule has 0 atom stereocenters. The zero-order valence-electron chi connectivity index (χ0n) is 14.6. The van der Waals surface area contributed by atoms with Gasteiger partial charge in [0.05, 0.1) is 5.57 Å². The zero-order valence-corrected chi connectivity index (χ0v) is 15.5. The summed E-state index contributed by atoms with van der Waals surface area (Å²) in [6, 6.07) is 8.06. The lowest BCUT2D eigenvalue weighted by molar-refractivity contribution is -0.158. The summed E-state index contributed by atoms with van der Waals surface area (Å²) in [4.78, 5) is 13.0. The maximum absolute atomic E-state index is 13.0. The van der Waals surface area contributed by atoms with Gasteiger partial charge in [0.2, 0.25) is 0 Å². The summed E-state index contributed by atoms with van der Waals surface area (Å²) in [6.07, 6.45) is 0. The van der Waals surface area contributed by atoms with E-state index in [0.717, 1.165) is 22.3 Å². The van der Waals surface area contributed by atoms with Crippen molar-refractivity contribution in [3.63, 3.8) is 0 Å². The summed E-state index contributed by atoms with van der Waals surface area (Å²) >= 11 is 1.63. The quantitative estimate of drug-likeness (QED) is 0.821. The Kier molecular flexibility index (Phi) is 3.93. The number of benzene rings is 1. The van der Waals surface area contributed by atoms with Crippen molar-refractivity contribution in [2.75, 3.05) is 0 Å².